The molecule has 0 fully saturated rings. The highest BCUT2D eigenvalue weighted by molar-refractivity contribution is 7.10. The number of carbonyl (C=O) groups is 1. The quantitative estimate of drug-likeness (QED) is 0.925. The molecule has 2 aromatic rings. The van der Waals surface area contributed by atoms with Gasteiger partial charge in [-0.15, -0.1) is 11.3 Å². The molecule has 0 saturated carbocycles. The molecule has 2 nitrogen and oxygen atoms in total. The van der Waals surface area contributed by atoms with Gasteiger partial charge < -0.3 is 5.32 Å². The van der Waals surface area contributed by atoms with Crippen molar-refractivity contribution >= 4 is 34.3 Å². The van der Waals surface area contributed by atoms with Gasteiger partial charge in [-0.05, 0) is 29.1 Å². The first-order valence-electron chi connectivity index (χ1n) is 6.45. The van der Waals surface area contributed by atoms with Crippen LogP contribution in [0.3, 0.4) is 0 Å². The van der Waals surface area contributed by atoms with Crippen LogP contribution in [0.5, 0.6) is 0 Å². The molecule has 1 aliphatic rings. The summed E-state index contributed by atoms with van der Waals surface area (Å²) in [5.41, 5.74) is 2.66. The summed E-state index contributed by atoms with van der Waals surface area (Å²) < 4.78 is 0. The summed E-state index contributed by atoms with van der Waals surface area (Å²) in [6, 6.07) is 11.5. The van der Waals surface area contributed by atoms with Crippen LogP contribution in [0.2, 0.25) is 5.02 Å². The minimum atomic E-state index is -0.0635. The van der Waals surface area contributed by atoms with Crippen molar-refractivity contribution in [3.8, 4) is 0 Å². The average molecular weight is 304 g/mol. The second-order valence-electron chi connectivity index (χ2n) is 4.75. The van der Waals surface area contributed by atoms with Gasteiger partial charge in [0.05, 0.1) is 5.92 Å². The minimum Gasteiger partial charge on any atom is -0.391 e. The van der Waals surface area contributed by atoms with E-state index in [1.165, 1.54) is 0 Å². The lowest BCUT2D eigenvalue weighted by Gasteiger charge is -2.07. The molecule has 1 atom stereocenters. The van der Waals surface area contributed by atoms with Crippen molar-refractivity contribution in [2.24, 2.45) is 0 Å². The highest BCUT2D eigenvalue weighted by Gasteiger charge is 2.35. The van der Waals surface area contributed by atoms with Crippen molar-refractivity contribution in [3.05, 3.63) is 62.9 Å². The van der Waals surface area contributed by atoms with Crippen LogP contribution in [-0.2, 0) is 4.79 Å². The topological polar surface area (TPSA) is 29.1 Å². The molecule has 0 saturated heterocycles. The summed E-state index contributed by atoms with van der Waals surface area (Å²) in [5.74, 6) is 0.116. The van der Waals surface area contributed by atoms with Crippen LogP contribution in [-0.4, -0.2) is 12.8 Å². The second kappa shape index (κ2) is 5.43. The molecule has 0 aliphatic heterocycles. The molecular weight excluding hydrogens is 290 g/mol. The predicted molar refractivity (Wildman–Crippen MR) is 84.1 cm³/mol. The van der Waals surface area contributed by atoms with Crippen molar-refractivity contribution in [1.29, 1.82) is 0 Å². The lowest BCUT2D eigenvalue weighted by atomic mass is 9.98. The van der Waals surface area contributed by atoms with E-state index < -0.39 is 0 Å². The lowest BCUT2D eigenvalue weighted by molar-refractivity contribution is -0.114. The number of hydrogen-bond acceptors (Lipinski definition) is 3. The third-order valence-corrected chi connectivity index (χ3v) is 4.80. The molecule has 1 unspecified atom stereocenters. The van der Waals surface area contributed by atoms with Crippen LogP contribution in [0.1, 0.15) is 22.8 Å². The van der Waals surface area contributed by atoms with Crippen molar-refractivity contribution in [2.45, 2.75) is 12.3 Å². The zero-order chi connectivity index (χ0) is 14.1. The monoisotopic (exact) mass is 303 g/mol. The van der Waals surface area contributed by atoms with E-state index in [0.717, 1.165) is 28.1 Å². The Morgan fingerprint density at radius 1 is 1.30 bits per heavy atom. The van der Waals surface area contributed by atoms with Crippen LogP contribution in [0.25, 0.3) is 5.57 Å². The molecule has 4 heteroatoms. The minimum absolute atomic E-state index is 0.0635. The molecule has 0 bridgehead atoms. The number of thiophene rings is 1. The van der Waals surface area contributed by atoms with Gasteiger partial charge in [-0.2, -0.15) is 0 Å². The summed E-state index contributed by atoms with van der Waals surface area (Å²) in [5, 5.41) is 5.84. The maximum atomic E-state index is 12.8. The van der Waals surface area contributed by atoms with Gasteiger partial charge in [-0.1, -0.05) is 29.8 Å². The molecule has 20 heavy (non-hydrogen) atoms. The van der Waals surface area contributed by atoms with Gasteiger partial charge in [0, 0.05) is 34.6 Å². The number of allylic oxidation sites excluding steroid dienone is 2. The summed E-state index contributed by atoms with van der Waals surface area (Å²) >= 11 is 7.68. The fraction of sp³-hybridized carbons (Fsp3) is 0.188. The van der Waals surface area contributed by atoms with E-state index in [2.05, 4.69) is 5.32 Å². The molecule has 1 aromatic carbocycles. The molecule has 1 aromatic heterocycles. The Kier molecular flexibility index (Phi) is 3.64. The second-order valence-corrected chi connectivity index (χ2v) is 6.17. The summed E-state index contributed by atoms with van der Waals surface area (Å²) in [7, 11) is 1.87. The number of rotatable bonds is 3. The lowest BCUT2D eigenvalue weighted by Crippen LogP contribution is -2.06. The van der Waals surface area contributed by atoms with Crippen molar-refractivity contribution in [1.82, 2.24) is 5.32 Å². The molecule has 0 amide bonds. The van der Waals surface area contributed by atoms with Gasteiger partial charge >= 0.3 is 0 Å². The SMILES string of the molecule is CNC1=C(c2cccc(Cl)c2)C(=O)C(c2cccs2)C1. The first-order valence-corrected chi connectivity index (χ1v) is 7.71. The maximum absolute atomic E-state index is 12.8. The fourth-order valence-electron chi connectivity index (χ4n) is 2.63. The van der Waals surface area contributed by atoms with Gasteiger partial charge in [-0.25, -0.2) is 0 Å². The standard InChI is InChI=1S/C16H14ClNOS/c1-18-13-9-12(14-6-3-7-20-14)16(19)15(13)10-4-2-5-11(17)8-10/h2-8,12,18H,9H2,1H3. The zero-order valence-electron chi connectivity index (χ0n) is 11.0. The largest absolute Gasteiger partial charge is 0.391 e. The van der Waals surface area contributed by atoms with Crippen molar-refractivity contribution in [2.75, 3.05) is 7.05 Å². The Morgan fingerprint density at radius 2 is 2.15 bits per heavy atom. The van der Waals surface area contributed by atoms with Gasteiger partial charge in [0.2, 0.25) is 0 Å². The number of nitrogens with one attached hydrogen (secondary N) is 1. The van der Waals surface area contributed by atoms with E-state index in [1.807, 2.05) is 48.8 Å². The number of hydrogen-bond donors (Lipinski definition) is 1. The maximum Gasteiger partial charge on any atom is 0.173 e. The Balaban J connectivity index is 2.02. The Bertz CT molecular complexity index is 676. The van der Waals surface area contributed by atoms with E-state index in [-0.39, 0.29) is 11.7 Å². The number of halogens is 1. The van der Waals surface area contributed by atoms with E-state index >= 15 is 0 Å². The van der Waals surface area contributed by atoms with Gasteiger partial charge in [0.25, 0.3) is 0 Å². The zero-order valence-corrected chi connectivity index (χ0v) is 12.6. The smallest absolute Gasteiger partial charge is 0.173 e. The highest BCUT2D eigenvalue weighted by atomic mass is 35.5. The summed E-state index contributed by atoms with van der Waals surface area (Å²) in [4.78, 5) is 13.9. The Hall–Kier alpha value is -1.58. The summed E-state index contributed by atoms with van der Waals surface area (Å²) in [6.45, 7) is 0. The number of Topliss-reactive ketones (excluding diaryl/α,β-unsaturated/α-hetero) is 1. The number of benzene rings is 1. The predicted octanol–water partition coefficient (Wildman–Crippen LogP) is 4.09. The molecule has 0 spiro atoms. The average Bonchev–Trinajstić information content (AvgIpc) is 3.05. The van der Waals surface area contributed by atoms with Crippen molar-refractivity contribution < 1.29 is 4.79 Å². The van der Waals surface area contributed by atoms with Crippen LogP contribution >= 0.6 is 22.9 Å². The van der Waals surface area contributed by atoms with Crippen LogP contribution in [0, 0.1) is 0 Å². The third-order valence-electron chi connectivity index (χ3n) is 3.57. The van der Waals surface area contributed by atoms with Gasteiger partial charge in [0.1, 0.15) is 0 Å². The van der Waals surface area contributed by atoms with E-state index in [9.17, 15) is 4.79 Å². The fourth-order valence-corrected chi connectivity index (χ4v) is 3.65. The first kappa shape index (κ1) is 13.4. The van der Waals surface area contributed by atoms with E-state index in [1.54, 1.807) is 11.3 Å². The van der Waals surface area contributed by atoms with Crippen LogP contribution < -0.4 is 5.32 Å². The highest BCUT2D eigenvalue weighted by Crippen LogP contribution is 2.40. The Labute approximate surface area is 127 Å². The van der Waals surface area contributed by atoms with E-state index in [4.69, 9.17) is 11.6 Å². The van der Waals surface area contributed by atoms with Crippen molar-refractivity contribution in [3.63, 3.8) is 0 Å². The molecule has 1 N–H and O–H groups in total. The molecule has 102 valence electrons. The van der Waals surface area contributed by atoms with Crippen LogP contribution in [0.15, 0.2) is 47.5 Å². The third kappa shape index (κ3) is 2.28. The molecule has 0 radical (unpaired) electrons. The molecule has 1 heterocycles. The van der Waals surface area contributed by atoms with Gasteiger partial charge in [-0.3, -0.25) is 4.79 Å². The van der Waals surface area contributed by atoms with Gasteiger partial charge in [0.15, 0.2) is 5.78 Å². The van der Waals surface area contributed by atoms with Crippen LogP contribution in [0.4, 0.5) is 0 Å². The van der Waals surface area contributed by atoms with E-state index in [0.29, 0.717) is 5.02 Å². The number of ketones is 1. The number of carbonyl (C=O) groups excluding carboxylic acids is 1. The normalized spacial score (nSPS) is 18.7. The molecule has 3 rings (SSSR count). The molecule has 1 aliphatic carbocycles. The molecular formula is C16H14ClNOS. The Morgan fingerprint density at radius 3 is 2.80 bits per heavy atom. The first-order chi connectivity index (χ1) is 9.70. The summed E-state index contributed by atoms with van der Waals surface area (Å²) in [6.07, 6.45) is 0.734.